The van der Waals surface area contributed by atoms with E-state index in [1.807, 2.05) is 55.9 Å². The normalized spacial score (nSPS) is 10.7. The fourth-order valence-electron chi connectivity index (χ4n) is 2.06. The van der Waals surface area contributed by atoms with Crippen LogP contribution in [-0.4, -0.2) is 9.36 Å². The van der Waals surface area contributed by atoms with Crippen LogP contribution in [0.15, 0.2) is 35.1 Å². The fraction of sp³-hybridized carbons (Fsp3) is 0.308. The smallest absolute Gasteiger partial charge is 0.274 e. The number of hydrogen-bond acceptors (Lipinski definition) is 1. The van der Waals surface area contributed by atoms with Crippen LogP contribution in [0.25, 0.3) is 11.1 Å². The molecule has 0 spiro atoms. The zero-order chi connectivity index (χ0) is 11.7. The minimum atomic E-state index is 0.0914. The molecule has 2 aromatic rings. The summed E-state index contributed by atoms with van der Waals surface area (Å²) in [6.45, 7) is 4.66. The van der Waals surface area contributed by atoms with E-state index in [0.29, 0.717) is 6.54 Å². The molecule has 2 rings (SSSR count). The van der Waals surface area contributed by atoms with Crippen LogP contribution in [0.4, 0.5) is 0 Å². The molecule has 16 heavy (non-hydrogen) atoms. The van der Waals surface area contributed by atoms with E-state index in [1.165, 1.54) is 0 Å². The Hall–Kier alpha value is -1.77. The van der Waals surface area contributed by atoms with Gasteiger partial charge in [0.25, 0.3) is 5.56 Å². The molecule has 0 saturated heterocycles. The number of nitrogens with zero attached hydrogens (tertiary/aromatic N) is 2. The summed E-state index contributed by atoms with van der Waals surface area (Å²) in [5.41, 5.74) is 2.91. The van der Waals surface area contributed by atoms with Gasteiger partial charge in [-0.2, -0.15) is 0 Å². The van der Waals surface area contributed by atoms with Crippen LogP contribution >= 0.6 is 0 Å². The molecule has 84 valence electrons. The van der Waals surface area contributed by atoms with E-state index in [0.717, 1.165) is 16.8 Å². The Morgan fingerprint density at radius 1 is 1.19 bits per heavy atom. The molecule has 0 unspecified atom stereocenters. The molecule has 0 fully saturated rings. The summed E-state index contributed by atoms with van der Waals surface area (Å²) in [4.78, 5) is 12.2. The third-order valence-electron chi connectivity index (χ3n) is 3.02. The molecule has 0 aliphatic carbocycles. The molecule has 0 atom stereocenters. The van der Waals surface area contributed by atoms with Gasteiger partial charge >= 0.3 is 0 Å². The van der Waals surface area contributed by atoms with Crippen molar-refractivity contribution >= 4 is 0 Å². The van der Waals surface area contributed by atoms with Crippen LogP contribution in [0.1, 0.15) is 12.6 Å². The molecular weight excluding hydrogens is 200 g/mol. The van der Waals surface area contributed by atoms with Gasteiger partial charge in [0, 0.05) is 19.3 Å². The quantitative estimate of drug-likeness (QED) is 0.756. The maximum atomic E-state index is 12.2. The lowest BCUT2D eigenvalue weighted by atomic mass is 10.1. The van der Waals surface area contributed by atoms with E-state index in [-0.39, 0.29) is 5.56 Å². The number of hydrogen-bond donors (Lipinski definition) is 0. The van der Waals surface area contributed by atoms with Gasteiger partial charge in [-0.1, -0.05) is 30.3 Å². The van der Waals surface area contributed by atoms with E-state index in [2.05, 4.69) is 0 Å². The van der Waals surface area contributed by atoms with Crippen molar-refractivity contribution in [3.8, 4) is 11.1 Å². The SMILES string of the molecule is CCn1c(=O)c(-c2ccccc2)c(C)n1C. The number of rotatable bonds is 2. The highest BCUT2D eigenvalue weighted by Gasteiger charge is 2.14. The molecule has 0 saturated carbocycles. The molecular formula is C13H16N2O. The summed E-state index contributed by atoms with van der Waals surface area (Å²) in [6.07, 6.45) is 0. The number of aromatic nitrogens is 2. The summed E-state index contributed by atoms with van der Waals surface area (Å²) in [5, 5.41) is 0. The molecule has 0 bridgehead atoms. The van der Waals surface area contributed by atoms with Crippen molar-refractivity contribution in [1.29, 1.82) is 0 Å². The predicted octanol–water partition coefficient (Wildman–Crippen LogP) is 2.18. The zero-order valence-corrected chi connectivity index (χ0v) is 9.90. The first kappa shape index (κ1) is 10.7. The summed E-state index contributed by atoms with van der Waals surface area (Å²) in [5.74, 6) is 0. The van der Waals surface area contributed by atoms with Crippen LogP contribution in [0, 0.1) is 6.92 Å². The van der Waals surface area contributed by atoms with Crippen molar-refractivity contribution in [2.24, 2.45) is 7.05 Å². The Morgan fingerprint density at radius 2 is 1.81 bits per heavy atom. The van der Waals surface area contributed by atoms with Crippen molar-refractivity contribution < 1.29 is 0 Å². The third kappa shape index (κ3) is 1.48. The van der Waals surface area contributed by atoms with Crippen molar-refractivity contribution in [1.82, 2.24) is 9.36 Å². The molecule has 1 aromatic heterocycles. The van der Waals surface area contributed by atoms with Crippen molar-refractivity contribution in [2.75, 3.05) is 0 Å². The van der Waals surface area contributed by atoms with E-state index in [4.69, 9.17) is 0 Å². The second-order valence-corrected chi connectivity index (χ2v) is 3.87. The largest absolute Gasteiger partial charge is 0.289 e. The Labute approximate surface area is 94.9 Å². The van der Waals surface area contributed by atoms with Gasteiger partial charge in [0.05, 0.1) is 5.56 Å². The maximum Gasteiger partial charge on any atom is 0.274 e. The van der Waals surface area contributed by atoms with Crippen LogP contribution in [0.3, 0.4) is 0 Å². The van der Waals surface area contributed by atoms with Crippen LogP contribution in [0.5, 0.6) is 0 Å². The molecule has 3 heteroatoms. The first-order valence-electron chi connectivity index (χ1n) is 5.48. The van der Waals surface area contributed by atoms with Gasteiger partial charge in [0.15, 0.2) is 0 Å². The first-order valence-corrected chi connectivity index (χ1v) is 5.48. The molecule has 3 nitrogen and oxygen atoms in total. The molecule has 0 aliphatic heterocycles. The van der Waals surface area contributed by atoms with Crippen molar-refractivity contribution in [3.63, 3.8) is 0 Å². The monoisotopic (exact) mass is 216 g/mol. The lowest BCUT2D eigenvalue weighted by Gasteiger charge is -2.03. The minimum absolute atomic E-state index is 0.0914. The molecule has 1 aromatic carbocycles. The topological polar surface area (TPSA) is 26.9 Å². The van der Waals surface area contributed by atoms with Crippen LogP contribution in [0.2, 0.25) is 0 Å². The van der Waals surface area contributed by atoms with Crippen molar-refractivity contribution in [3.05, 3.63) is 46.4 Å². The Bertz CT molecular complexity index is 549. The maximum absolute atomic E-state index is 12.2. The molecule has 0 amide bonds. The van der Waals surface area contributed by atoms with Crippen LogP contribution in [-0.2, 0) is 13.6 Å². The summed E-state index contributed by atoms with van der Waals surface area (Å²) in [6, 6.07) is 9.82. The van der Waals surface area contributed by atoms with Gasteiger partial charge in [-0.3, -0.25) is 14.2 Å². The Kier molecular flexibility index (Phi) is 2.69. The summed E-state index contributed by atoms with van der Waals surface area (Å²) in [7, 11) is 1.92. The lowest BCUT2D eigenvalue weighted by Crippen LogP contribution is -2.20. The standard InChI is InChI=1S/C13H16N2O/c1-4-15-13(16)12(10(2)14(15)3)11-8-6-5-7-9-11/h5-9H,4H2,1-3H3. The van der Waals surface area contributed by atoms with E-state index in [1.54, 1.807) is 4.68 Å². The zero-order valence-electron chi connectivity index (χ0n) is 9.90. The minimum Gasteiger partial charge on any atom is -0.289 e. The third-order valence-corrected chi connectivity index (χ3v) is 3.02. The van der Waals surface area contributed by atoms with Crippen molar-refractivity contribution in [2.45, 2.75) is 20.4 Å². The second kappa shape index (κ2) is 4.00. The second-order valence-electron chi connectivity index (χ2n) is 3.87. The Morgan fingerprint density at radius 3 is 2.31 bits per heavy atom. The number of benzene rings is 1. The predicted molar refractivity (Wildman–Crippen MR) is 65.5 cm³/mol. The lowest BCUT2D eigenvalue weighted by molar-refractivity contribution is 0.510. The van der Waals surface area contributed by atoms with Gasteiger partial charge in [-0.05, 0) is 19.4 Å². The molecule has 0 aliphatic rings. The average molecular weight is 216 g/mol. The van der Waals surface area contributed by atoms with E-state index in [9.17, 15) is 4.79 Å². The van der Waals surface area contributed by atoms with Gasteiger partial charge in [-0.25, -0.2) is 0 Å². The van der Waals surface area contributed by atoms with Gasteiger partial charge in [-0.15, -0.1) is 0 Å². The first-order chi connectivity index (χ1) is 7.66. The van der Waals surface area contributed by atoms with Crippen LogP contribution < -0.4 is 5.56 Å². The highest BCUT2D eigenvalue weighted by molar-refractivity contribution is 5.64. The molecule has 1 heterocycles. The fourth-order valence-corrected chi connectivity index (χ4v) is 2.06. The van der Waals surface area contributed by atoms with E-state index < -0.39 is 0 Å². The van der Waals surface area contributed by atoms with E-state index >= 15 is 0 Å². The average Bonchev–Trinajstić information content (AvgIpc) is 2.51. The molecule has 0 N–H and O–H groups in total. The highest BCUT2D eigenvalue weighted by atomic mass is 16.1. The van der Waals surface area contributed by atoms with Gasteiger partial charge in [0.2, 0.25) is 0 Å². The summed E-state index contributed by atoms with van der Waals surface area (Å²) < 4.78 is 3.67. The van der Waals surface area contributed by atoms with Gasteiger partial charge in [0.1, 0.15) is 0 Å². The highest BCUT2D eigenvalue weighted by Crippen LogP contribution is 2.19. The summed E-state index contributed by atoms with van der Waals surface area (Å²) >= 11 is 0. The Balaban J connectivity index is 2.72. The van der Waals surface area contributed by atoms with Gasteiger partial charge < -0.3 is 0 Å². The molecule has 0 radical (unpaired) electrons.